The van der Waals surface area contributed by atoms with E-state index in [2.05, 4.69) is 16.3 Å². The lowest BCUT2D eigenvalue weighted by Gasteiger charge is -2.35. The zero-order valence-corrected chi connectivity index (χ0v) is 17.5. The van der Waals surface area contributed by atoms with Gasteiger partial charge in [-0.1, -0.05) is 54.4 Å². The first-order chi connectivity index (χ1) is 13.6. The van der Waals surface area contributed by atoms with Gasteiger partial charge in [0.25, 0.3) is 5.91 Å². The third-order valence-corrected chi connectivity index (χ3v) is 5.69. The van der Waals surface area contributed by atoms with Gasteiger partial charge in [-0.2, -0.15) is 0 Å². The smallest absolute Gasteiger partial charge is 0.258 e. The van der Waals surface area contributed by atoms with E-state index >= 15 is 0 Å². The van der Waals surface area contributed by atoms with E-state index in [4.69, 9.17) is 16.3 Å². The Balaban J connectivity index is 1.63. The molecule has 0 aromatic heterocycles. The standard InChI is InChI=1S/C23H29ClN2O2/c1-17-9-8-10-18(2)23(17)28-16-22(27)25-15-21(26-13-6-3-7-14-26)19-11-4-5-12-20(19)24/h4-5,8-12,21H,3,6-7,13-16H2,1-2H3,(H,25,27)/t21-/m0/s1. The van der Waals surface area contributed by atoms with Crippen molar-refractivity contribution in [2.75, 3.05) is 26.2 Å². The van der Waals surface area contributed by atoms with Crippen LogP contribution in [0.3, 0.4) is 0 Å². The van der Waals surface area contributed by atoms with E-state index in [-0.39, 0.29) is 18.6 Å². The number of hydrogen-bond acceptors (Lipinski definition) is 3. The van der Waals surface area contributed by atoms with Crippen molar-refractivity contribution in [3.05, 3.63) is 64.2 Å². The number of rotatable bonds is 7. The molecule has 1 aliphatic heterocycles. The molecule has 1 fully saturated rings. The molecule has 1 amide bonds. The number of ether oxygens (including phenoxy) is 1. The number of aryl methyl sites for hydroxylation is 2. The first-order valence-electron chi connectivity index (χ1n) is 10.0. The molecule has 1 aliphatic rings. The number of amides is 1. The summed E-state index contributed by atoms with van der Waals surface area (Å²) >= 11 is 6.47. The van der Waals surface area contributed by atoms with Crippen LogP contribution < -0.4 is 10.1 Å². The Morgan fingerprint density at radius 1 is 1.07 bits per heavy atom. The van der Waals surface area contributed by atoms with Crippen LogP contribution in [0.1, 0.15) is 42.0 Å². The molecular formula is C23H29ClN2O2. The van der Waals surface area contributed by atoms with Gasteiger partial charge in [0.15, 0.2) is 6.61 Å². The van der Waals surface area contributed by atoms with Crippen LogP contribution in [0, 0.1) is 13.8 Å². The molecule has 4 nitrogen and oxygen atoms in total. The van der Waals surface area contributed by atoms with Crippen LogP contribution in [0.25, 0.3) is 0 Å². The average molecular weight is 401 g/mol. The van der Waals surface area contributed by atoms with Gasteiger partial charge in [0, 0.05) is 11.6 Å². The van der Waals surface area contributed by atoms with Crippen molar-refractivity contribution in [1.29, 1.82) is 0 Å². The molecule has 3 rings (SSSR count). The van der Waals surface area contributed by atoms with Crippen molar-refractivity contribution in [1.82, 2.24) is 10.2 Å². The van der Waals surface area contributed by atoms with Crippen molar-refractivity contribution < 1.29 is 9.53 Å². The summed E-state index contributed by atoms with van der Waals surface area (Å²) in [6.07, 6.45) is 3.64. The number of para-hydroxylation sites is 1. The van der Waals surface area contributed by atoms with E-state index in [1.54, 1.807) is 0 Å². The second-order valence-electron chi connectivity index (χ2n) is 7.45. The molecule has 1 atom stereocenters. The summed E-state index contributed by atoms with van der Waals surface area (Å²) in [5.41, 5.74) is 3.15. The highest BCUT2D eigenvalue weighted by atomic mass is 35.5. The molecule has 0 saturated carbocycles. The highest BCUT2D eigenvalue weighted by Gasteiger charge is 2.24. The summed E-state index contributed by atoms with van der Waals surface area (Å²) in [6, 6.07) is 14.0. The fraction of sp³-hybridized carbons (Fsp3) is 0.435. The predicted molar refractivity (Wildman–Crippen MR) is 114 cm³/mol. The molecule has 0 spiro atoms. The first-order valence-corrected chi connectivity index (χ1v) is 10.4. The van der Waals surface area contributed by atoms with Crippen molar-refractivity contribution in [2.45, 2.75) is 39.2 Å². The Hall–Kier alpha value is -2.04. The van der Waals surface area contributed by atoms with E-state index in [0.717, 1.165) is 40.6 Å². The molecule has 1 saturated heterocycles. The monoisotopic (exact) mass is 400 g/mol. The molecule has 0 unspecified atom stereocenters. The minimum absolute atomic E-state index is 0.0148. The summed E-state index contributed by atoms with van der Waals surface area (Å²) < 4.78 is 5.78. The molecule has 0 aliphatic carbocycles. The Labute approximate surface area is 172 Å². The molecule has 28 heavy (non-hydrogen) atoms. The Morgan fingerprint density at radius 2 is 1.75 bits per heavy atom. The molecule has 0 bridgehead atoms. The maximum absolute atomic E-state index is 12.5. The SMILES string of the molecule is Cc1cccc(C)c1OCC(=O)NC[C@@H](c1ccccc1Cl)N1CCCCC1. The van der Waals surface area contributed by atoms with E-state index in [1.165, 1.54) is 19.3 Å². The van der Waals surface area contributed by atoms with Gasteiger partial charge < -0.3 is 10.1 Å². The molecule has 150 valence electrons. The second kappa shape index (κ2) is 9.94. The molecule has 2 aromatic carbocycles. The minimum Gasteiger partial charge on any atom is -0.483 e. The first kappa shape index (κ1) is 20.7. The third kappa shape index (κ3) is 5.27. The molecular weight excluding hydrogens is 372 g/mol. The largest absolute Gasteiger partial charge is 0.483 e. The fourth-order valence-corrected chi connectivity index (χ4v) is 4.10. The van der Waals surface area contributed by atoms with Gasteiger partial charge >= 0.3 is 0 Å². The van der Waals surface area contributed by atoms with Crippen molar-refractivity contribution in [2.24, 2.45) is 0 Å². The van der Waals surface area contributed by atoms with E-state index < -0.39 is 0 Å². The quantitative estimate of drug-likeness (QED) is 0.733. The zero-order valence-electron chi connectivity index (χ0n) is 16.7. The van der Waals surface area contributed by atoms with Crippen LogP contribution >= 0.6 is 11.6 Å². The van der Waals surface area contributed by atoms with Gasteiger partial charge in [-0.15, -0.1) is 0 Å². The zero-order chi connectivity index (χ0) is 19.9. The molecule has 5 heteroatoms. The number of piperidine rings is 1. The maximum atomic E-state index is 12.5. The van der Waals surface area contributed by atoms with Gasteiger partial charge in [0.05, 0.1) is 6.04 Å². The molecule has 2 aromatic rings. The fourth-order valence-electron chi connectivity index (χ4n) is 3.84. The minimum atomic E-state index is -0.114. The number of nitrogens with zero attached hydrogens (tertiary/aromatic N) is 1. The van der Waals surface area contributed by atoms with Crippen molar-refractivity contribution >= 4 is 17.5 Å². The number of hydrogen-bond donors (Lipinski definition) is 1. The molecule has 1 heterocycles. The summed E-state index contributed by atoms with van der Waals surface area (Å²) in [5, 5.41) is 3.80. The van der Waals surface area contributed by atoms with Crippen LogP contribution in [0.5, 0.6) is 5.75 Å². The van der Waals surface area contributed by atoms with Crippen LogP contribution in [0.15, 0.2) is 42.5 Å². The number of nitrogens with one attached hydrogen (secondary N) is 1. The van der Waals surface area contributed by atoms with Gasteiger partial charge in [-0.05, 0) is 62.5 Å². The molecule has 1 N–H and O–H groups in total. The van der Waals surface area contributed by atoms with Gasteiger partial charge in [-0.25, -0.2) is 0 Å². The summed E-state index contributed by atoms with van der Waals surface area (Å²) in [5.74, 6) is 0.674. The van der Waals surface area contributed by atoms with Crippen LogP contribution in [-0.4, -0.2) is 37.0 Å². The molecule has 0 radical (unpaired) electrons. The topological polar surface area (TPSA) is 41.6 Å². The number of likely N-dealkylation sites (tertiary alicyclic amines) is 1. The van der Waals surface area contributed by atoms with Crippen LogP contribution in [0.4, 0.5) is 0 Å². The van der Waals surface area contributed by atoms with Crippen LogP contribution in [0.2, 0.25) is 5.02 Å². The van der Waals surface area contributed by atoms with Crippen molar-refractivity contribution in [3.8, 4) is 5.75 Å². The lowest BCUT2D eigenvalue weighted by Crippen LogP contribution is -2.41. The highest BCUT2D eigenvalue weighted by molar-refractivity contribution is 6.31. The van der Waals surface area contributed by atoms with E-state index in [9.17, 15) is 4.79 Å². The maximum Gasteiger partial charge on any atom is 0.258 e. The Bertz CT molecular complexity index is 783. The average Bonchev–Trinajstić information content (AvgIpc) is 2.70. The highest BCUT2D eigenvalue weighted by Crippen LogP contribution is 2.29. The predicted octanol–water partition coefficient (Wildman–Crippen LogP) is 4.68. The van der Waals surface area contributed by atoms with Gasteiger partial charge in [0.2, 0.25) is 0 Å². The lowest BCUT2D eigenvalue weighted by atomic mass is 10.0. The van der Waals surface area contributed by atoms with Crippen LogP contribution in [-0.2, 0) is 4.79 Å². The number of carbonyl (C=O) groups is 1. The summed E-state index contributed by atoms with van der Waals surface area (Å²) in [7, 11) is 0. The number of carbonyl (C=O) groups excluding carboxylic acids is 1. The van der Waals surface area contributed by atoms with Crippen molar-refractivity contribution in [3.63, 3.8) is 0 Å². The Morgan fingerprint density at radius 3 is 2.43 bits per heavy atom. The summed E-state index contributed by atoms with van der Waals surface area (Å²) in [4.78, 5) is 14.9. The normalized spacial score (nSPS) is 15.8. The second-order valence-corrected chi connectivity index (χ2v) is 7.85. The number of benzene rings is 2. The third-order valence-electron chi connectivity index (χ3n) is 5.34. The van der Waals surface area contributed by atoms with Gasteiger partial charge in [0.1, 0.15) is 5.75 Å². The van der Waals surface area contributed by atoms with E-state index in [1.807, 2.05) is 50.2 Å². The lowest BCUT2D eigenvalue weighted by molar-refractivity contribution is -0.123. The number of halogens is 1. The Kier molecular flexibility index (Phi) is 7.35. The summed E-state index contributed by atoms with van der Waals surface area (Å²) in [6.45, 7) is 6.59. The van der Waals surface area contributed by atoms with Gasteiger partial charge in [-0.3, -0.25) is 9.69 Å². The van der Waals surface area contributed by atoms with E-state index in [0.29, 0.717) is 6.54 Å².